The number of hydrogen-bond acceptors (Lipinski definition) is 5. The number of likely N-dealkylation sites (tertiary alicyclic amines) is 1. The van der Waals surface area contributed by atoms with Gasteiger partial charge in [-0.3, -0.25) is 0 Å². The Morgan fingerprint density at radius 1 is 1.29 bits per heavy atom. The summed E-state index contributed by atoms with van der Waals surface area (Å²) < 4.78 is 82.7. The Kier molecular flexibility index (Phi) is 4.85. The summed E-state index contributed by atoms with van der Waals surface area (Å²) in [5.41, 5.74) is -2.53. The molecule has 14 heteroatoms. The van der Waals surface area contributed by atoms with Crippen LogP contribution in [0.3, 0.4) is 0 Å². The topological polar surface area (TPSA) is 92.0 Å². The number of amides is 1. The molecule has 2 atom stereocenters. The fourth-order valence-corrected chi connectivity index (χ4v) is 4.29. The molecule has 31 heavy (non-hydrogen) atoms. The van der Waals surface area contributed by atoms with Crippen LogP contribution >= 0.6 is 0 Å². The van der Waals surface area contributed by atoms with Gasteiger partial charge in [0.1, 0.15) is 5.69 Å². The van der Waals surface area contributed by atoms with Crippen molar-refractivity contribution in [2.45, 2.75) is 37.2 Å². The van der Waals surface area contributed by atoms with Gasteiger partial charge in [0.05, 0.1) is 5.54 Å². The Balaban J connectivity index is 1.69. The number of aromatic nitrogens is 3. The summed E-state index contributed by atoms with van der Waals surface area (Å²) >= 11 is 0. The summed E-state index contributed by atoms with van der Waals surface area (Å²) in [6.45, 7) is -1.24. The van der Waals surface area contributed by atoms with Crippen molar-refractivity contribution in [3.63, 3.8) is 0 Å². The summed E-state index contributed by atoms with van der Waals surface area (Å²) in [7, 11) is 0. The average molecular weight is 453 g/mol. The number of pyridine rings is 1. The third-order valence-electron chi connectivity index (χ3n) is 5.46. The van der Waals surface area contributed by atoms with Crippen molar-refractivity contribution < 1.29 is 41.0 Å². The average Bonchev–Trinajstić information content (AvgIpc) is 3.18. The van der Waals surface area contributed by atoms with Gasteiger partial charge in [0.15, 0.2) is 18.0 Å². The number of nitrogens with one attached hydrogen (secondary N) is 1. The zero-order valence-electron chi connectivity index (χ0n) is 15.8. The van der Waals surface area contributed by atoms with E-state index in [1.54, 1.807) is 0 Å². The molecule has 1 aliphatic carbocycles. The molecule has 0 radical (unpaired) electrons. The van der Waals surface area contributed by atoms with E-state index < -0.39 is 47.7 Å². The van der Waals surface area contributed by atoms with Crippen LogP contribution in [-0.4, -0.2) is 62.1 Å². The molecular formula is C17H17F6N5O3. The summed E-state index contributed by atoms with van der Waals surface area (Å²) in [6.07, 6.45) is -8.79. The molecule has 2 bridgehead atoms. The van der Waals surface area contributed by atoms with E-state index in [-0.39, 0.29) is 18.4 Å². The van der Waals surface area contributed by atoms with Gasteiger partial charge in [0, 0.05) is 13.1 Å². The van der Waals surface area contributed by atoms with Gasteiger partial charge >= 0.3 is 18.4 Å². The van der Waals surface area contributed by atoms with Gasteiger partial charge in [-0.15, -0.1) is 5.10 Å². The summed E-state index contributed by atoms with van der Waals surface area (Å²) in [5, 5.41) is 16.1. The lowest BCUT2D eigenvalue weighted by Crippen LogP contribution is -2.53. The molecule has 1 amide bonds. The minimum absolute atomic E-state index is 0.0887. The molecule has 1 saturated heterocycles. The zero-order valence-corrected chi connectivity index (χ0v) is 15.8. The molecule has 2 unspecified atom stereocenters. The molecule has 8 nitrogen and oxygen atoms in total. The number of carbonyl (C=O) groups is 1. The minimum atomic E-state index is -4.84. The summed E-state index contributed by atoms with van der Waals surface area (Å²) in [4.78, 5) is 16.6. The maximum absolute atomic E-state index is 13.4. The highest BCUT2D eigenvalue weighted by Crippen LogP contribution is 2.42. The van der Waals surface area contributed by atoms with Crippen LogP contribution in [0.5, 0.6) is 5.75 Å². The molecule has 2 aliphatic rings. The van der Waals surface area contributed by atoms with Gasteiger partial charge in [-0.05, 0) is 37.3 Å². The number of nitrogens with zero attached hydrogens (tertiary/aromatic N) is 4. The third kappa shape index (κ3) is 4.28. The highest BCUT2D eigenvalue weighted by Gasteiger charge is 2.47. The first-order chi connectivity index (χ1) is 14.4. The summed E-state index contributed by atoms with van der Waals surface area (Å²) in [5.74, 6) is -0.671. The predicted molar refractivity (Wildman–Crippen MR) is 92.8 cm³/mol. The molecule has 4 rings (SSSR count). The largest absolute Gasteiger partial charge is 0.480 e. The lowest BCUT2D eigenvalue weighted by atomic mass is 9.91. The normalized spacial score (nSPS) is 23.9. The molecule has 170 valence electrons. The van der Waals surface area contributed by atoms with Crippen LogP contribution in [0.2, 0.25) is 0 Å². The molecule has 0 spiro atoms. The van der Waals surface area contributed by atoms with Crippen molar-refractivity contribution in [1.29, 1.82) is 0 Å². The van der Waals surface area contributed by atoms with Crippen LogP contribution in [0.25, 0.3) is 5.65 Å². The van der Waals surface area contributed by atoms with E-state index in [2.05, 4.69) is 20.1 Å². The van der Waals surface area contributed by atoms with Gasteiger partial charge in [-0.2, -0.15) is 31.3 Å². The number of fused-ring (bicyclic) bond motifs is 3. The molecule has 2 aromatic rings. The Bertz CT molecular complexity index is 1010. The smallest absolute Gasteiger partial charge is 0.433 e. The third-order valence-corrected chi connectivity index (χ3v) is 5.46. The first-order valence-electron chi connectivity index (χ1n) is 9.28. The van der Waals surface area contributed by atoms with Crippen molar-refractivity contribution >= 4 is 17.7 Å². The Morgan fingerprint density at radius 2 is 2.03 bits per heavy atom. The van der Waals surface area contributed by atoms with Crippen LogP contribution in [0.1, 0.15) is 25.0 Å². The maximum atomic E-state index is 13.4. The van der Waals surface area contributed by atoms with Gasteiger partial charge in [0.25, 0.3) is 0 Å². The Labute approximate surface area is 170 Å². The molecular weight excluding hydrogens is 436 g/mol. The van der Waals surface area contributed by atoms with Crippen LogP contribution in [-0.2, 0) is 6.18 Å². The molecule has 3 heterocycles. The van der Waals surface area contributed by atoms with Gasteiger partial charge in [0.2, 0.25) is 5.95 Å². The zero-order chi connectivity index (χ0) is 22.6. The van der Waals surface area contributed by atoms with E-state index in [1.165, 1.54) is 4.90 Å². The number of rotatable bonds is 4. The number of alkyl halides is 6. The van der Waals surface area contributed by atoms with E-state index >= 15 is 0 Å². The van der Waals surface area contributed by atoms with Crippen LogP contribution < -0.4 is 10.1 Å². The van der Waals surface area contributed by atoms with Crippen LogP contribution in [0.15, 0.2) is 12.1 Å². The fourth-order valence-electron chi connectivity index (χ4n) is 4.29. The van der Waals surface area contributed by atoms with Crippen molar-refractivity contribution in [3.8, 4) is 5.75 Å². The minimum Gasteiger partial charge on any atom is -0.480 e. The first-order valence-corrected chi connectivity index (χ1v) is 9.28. The molecule has 1 aliphatic heterocycles. The molecule has 2 aromatic heterocycles. The van der Waals surface area contributed by atoms with E-state index in [9.17, 15) is 36.2 Å². The number of piperidine rings is 1. The number of carboxylic acid groups (broad SMARTS) is 1. The second kappa shape index (κ2) is 7.05. The standard InChI is InChI=1S/C17H17F6N5O3/c18-16(19,20)8-31-10-1-2-11(17(21,22)23)28-12(10)24-13(26-28)25-15-4-3-9(5-15)6-27(7-15)14(29)30/h1-2,9H,3-8H2,(H,25,26)(H,29,30). The van der Waals surface area contributed by atoms with Crippen molar-refractivity contribution in [3.05, 3.63) is 17.8 Å². The molecule has 0 aromatic carbocycles. The second-order valence-electron chi connectivity index (χ2n) is 7.83. The van der Waals surface area contributed by atoms with E-state index in [0.29, 0.717) is 30.0 Å². The van der Waals surface area contributed by atoms with Gasteiger partial charge < -0.3 is 20.1 Å². The first kappa shape index (κ1) is 21.3. The molecule has 2 N–H and O–H groups in total. The number of anilines is 1. The van der Waals surface area contributed by atoms with Gasteiger partial charge in [-0.1, -0.05) is 0 Å². The molecule has 1 saturated carbocycles. The predicted octanol–water partition coefficient (Wildman–Crippen LogP) is 3.63. The lowest BCUT2D eigenvalue weighted by molar-refractivity contribution is -0.153. The van der Waals surface area contributed by atoms with Crippen molar-refractivity contribution in [1.82, 2.24) is 19.5 Å². The highest BCUT2D eigenvalue weighted by molar-refractivity contribution is 5.66. The SMILES string of the molecule is O=C(O)N1CC2CCC(Nc3nc4c(OCC(F)(F)F)ccc(C(F)(F)F)n4n3)(C2)C1. The van der Waals surface area contributed by atoms with Crippen LogP contribution in [0, 0.1) is 5.92 Å². The van der Waals surface area contributed by atoms with Crippen molar-refractivity contribution in [2.24, 2.45) is 5.92 Å². The van der Waals surface area contributed by atoms with E-state index in [1.807, 2.05) is 0 Å². The van der Waals surface area contributed by atoms with Gasteiger partial charge in [-0.25, -0.2) is 9.31 Å². The molecule has 2 fully saturated rings. The fraction of sp³-hybridized carbons (Fsp3) is 0.588. The maximum Gasteiger partial charge on any atom is 0.433 e. The van der Waals surface area contributed by atoms with E-state index in [4.69, 9.17) is 0 Å². The number of ether oxygens (including phenoxy) is 1. The quantitative estimate of drug-likeness (QED) is 0.687. The monoisotopic (exact) mass is 453 g/mol. The summed E-state index contributed by atoms with van der Waals surface area (Å²) in [6, 6.07) is 1.33. The second-order valence-corrected chi connectivity index (χ2v) is 7.83. The highest BCUT2D eigenvalue weighted by atomic mass is 19.4. The number of hydrogen-bond donors (Lipinski definition) is 2. The van der Waals surface area contributed by atoms with Crippen molar-refractivity contribution in [2.75, 3.05) is 25.0 Å². The van der Waals surface area contributed by atoms with E-state index in [0.717, 1.165) is 12.5 Å². The van der Waals surface area contributed by atoms with Crippen LogP contribution in [0.4, 0.5) is 37.1 Å². The lowest BCUT2D eigenvalue weighted by Gasteiger charge is -2.39. The Morgan fingerprint density at radius 3 is 2.68 bits per heavy atom. The number of halogens is 6. The Hall–Kier alpha value is -2.93.